The quantitative estimate of drug-likeness (QED) is 0.646. The Balaban J connectivity index is 1.95. The fourth-order valence-electron chi connectivity index (χ4n) is 2.32. The molecule has 0 spiro atoms. The van der Waals surface area contributed by atoms with E-state index in [0.29, 0.717) is 28.9 Å². The highest BCUT2D eigenvalue weighted by Gasteiger charge is 2.13. The fourth-order valence-corrected chi connectivity index (χ4v) is 2.32. The highest BCUT2D eigenvalue weighted by Crippen LogP contribution is 2.23. The lowest BCUT2D eigenvalue weighted by atomic mass is 10.1. The molecule has 6 nitrogen and oxygen atoms in total. The number of rotatable bonds is 4. The molecule has 0 saturated heterocycles. The van der Waals surface area contributed by atoms with Crippen LogP contribution in [0.5, 0.6) is 0 Å². The molecule has 3 aromatic rings. The Hall–Kier alpha value is -3.15. The number of para-hydroxylation sites is 2. The smallest absolute Gasteiger partial charge is 0.257 e. The Bertz CT molecular complexity index is 854. The number of hydrogen-bond donors (Lipinski definition) is 3. The summed E-state index contributed by atoms with van der Waals surface area (Å²) < 4.78 is 0. The number of amides is 2. The van der Waals surface area contributed by atoms with Crippen LogP contribution in [0.15, 0.2) is 42.5 Å². The lowest BCUT2D eigenvalue weighted by Crippen LogP contribution is -2.14. The third-order valence-electron chi connectivity index (χ3n) is 3.27. The van der Waals surface area contributed by atoms with Crippen molar-refractivity contribution in [2.45, 2.75) is 6.92 Å². The molecule has 0 bridgehead atoms. The average molecular weight is 294 g/mol. The molecule has 0 atom stereocenters. The number of anilines is 2. The summed E-state index contributed by atoms with van der Waals surface area (Å²) in [5, 5.41) is 5.36. The maximum atomic E-state index is 12.5. The van der Waals surface area contributed by atoms with Gasteiger partial charge in [0.05, 0.1) is 22.5 Å². The summed E-state index contributed by atoms with van der Waals surface area (Å²) in [5.74, 6) is 0.470. The van der Waals surface area contributed by atoms with E-state index >= 15 is 0 Å². The van der Waals surface area contributed by atoms with Gasteiger partial charge in [0.1, 0.15) is 11.3 Å². The van der Waals surface area contributed by atoms with E-state index in [9.17, 15) is 9.59 Å². The molecule has 6 heteroatoms. The topological polar surface area (TPSA) is 86.9 Å². The van der Waals surface area contributed by atoms with Gasteiger partial charge in [-0.3, -0.25) is 9.59 Å². The predicted octanol–water partition coefficient (Wildman–Crippen LogP) is 2.69. The molecule has 1 heterocycles. The summed E-state index contributed by atoms with van der Waals surface area (Å²) in [5.41, 5.74) is 3.02. The summed E-state index contributed by atoms with van der Waals surface area (Å²) in [7, 11) is 0. The molecule has 0 radical (unpaired) electrons. The number of aromatic nitrogens is 2. The largest absolute Gasteiger partial charge is 0.342 e. The first-order valence-electron chi connectivity index (χ1n) is 6.75. The number of aryl methyl sites for hydroxylation is 1. The van der Waals surface area contributed by atoms with E-state index < -0.39 is 0 Å². The zero-order valence-corrected chi connectivity index (χ0v) is 11.9. The van der Waals surface area contributed by atoms with Gasteiger partial charge in [0.15, 0.2) is 0 Å². The number of H-pyrrole nitrogens is 1. The van der Waals surface area contributed by atoms with E-state index in [2.05, 4.69) is 20.6 Å². The minimum atomic E-state index is -0.307. The number of nitrogens with zero attached hydrogens (tertiary/aromatic N) is 1. The van der Waals surface area contributed by atoms with Crippen LogP contribution in [0.4, 0.5) is 11.4 Å². The lowest BCUT2D eigenvalue weighted by molar-refractivity contribution is -0.105. The van der Waals surface area contributed by atoms with Crippen molar-refractivity contribution in [1.29, 1.82) is 0 Å². The first kappa shape index (κ1) is 13.8. The van der Waals surface area contributed by atoms with Gasteiger partial charge in [0, 0.05) is 0 Å². The van der Waals surface area contributed by atoms with Crippen molar-refractivity contribution in [3.05, 3.63) is 53.9 Å². The molecule has 0 aliphatic rings. The van der Waals surface area contributed by atoms with Crippen molar-refractivity contribution >= 4 is 34.7 Å². The van der Waals surface area contributed by atoms with Crippen LogP contribution in [-0.4, -0.2) is 22.3 Å². The van der Waals surface area contributed by atoms with Crippen LogP contribution in [0.1, 0.15) is 16.2 Å². The third-order valence-corrected chi connectivity index (χ3v) is 3.27. The molecule has 3 N–H and O–H groups in total. The van der Waals surface area contributed by atoms with Crippen LogP contribution in [-0.2, 0) is 4.79 Å². The lowest BCUT2D eigenvalue weighted by Gasteiger charge is -2.09. The summed E-state index contributed by atoms with van der Waals surface area (Å²) in [4.78, 5) is 30.6. The third kappa shape index (κ3) is 2.54. The first-order chi connectivity index (χ1) is 10.7. The van der Waals surface area contributed by atoms with Crippen LogP contribution < -0.4 is 10.6 Å². The van der Waals surface area contributed by atoms with Gasteiger partial charge in [-0.2, -0.15) is 0 Å². The van der Waals surface area contributed by atoms with E-state index in [4.69, 9.17) is 0 Å². The van der Waals surface area contributed by atoms with Gasteiger partial charge in [-0.15, -0.1) is 0 Å². The van der Waals surface area contributed by atoms with Gasteiger partial charge in [-0.05, 0) is 31.2 Å². The molecular weight excluding hydrogens is 280 g/mol. The molecule has 1 aromatic heterocycles. The van der Waals surface area contributed by atoms with Crippen LogP contribution in [0.25, 0.3) is 11.0 Å². The standard InChI is InChI=1S/C16H14N4O2/c1-10-18-13-7-4-8-14(15(13)19-10)20-16(22)11-5-2-3-6-12(11)17-9-21/h2-9H,1H3,(H,17,21)(H,18,19)(H,20,22). The highest BCUT2D eigenvalue weighted by molar-refractivity contribution is 6.11. The number of nitrogens with one attached hydrogen (secondary N) is 3. The Labute approximate surface area is 126 Å². The van der Waals surface area contributed by atoms with Crippen LogP contribution >= 0.6 is 0 Å². The van der Waals surface area contributed by atoms with Gasteiger partial charge in [0.25, 0.3) is 5.91 Å². The van der Waals surface area contributed by atoms with E-state index in [0.717, 1.165) is 11.3 Å². The van der Waals surface area contributed by atoms with Gasteiger partial charge in [0.2, 0.25) is 6.41 Å². The molecule has 0 aliphatic heterocycles. The molecule has 22 heavy (non-hydrogen) atoms. The number of aromatic amines is 1. The fraction of sp³-hybridized carbons (Fsp3) is 0.0625. The van der Waals surface area contributed by atoms with Crippen molar-refractivity contribution in [1.82, 2.24) is 9.97 Å². The molecule has 2 aromatic carbocycles. The van der Waals surface area contributed by atoms with Gasteiger partial charge < -0.3 is 15.6 Å². The van der Waals surface area contributed by atoms with Crippen molar-refractivity contribution in [2.24, 2.45) is 0 Å². The maximum absolute atomic E-state index is 12.5. The molecule has 2 amide bonds. The van der Waals surface area contributed by atoms with Gasteiger partial charge in [-0.1, -0.05) is 18.2 Å². The molecule has 110 valence electrons. The zero-order valence-electron chi connectivity index (χ0n) is 11.9. The molecule has 0 aliphatic carbocycles. The Morgan fingerprint density at radius 1 is 1.14 bits per heavy atom. The van der Waals surface area contributed by atoms with Crippen LogP contribution in [0.2, 0.25) is 0 Å². The second-order valence-electron chi connectivity index (χ2n) is 4.79. The summed E-state index contributed by atoms with van der Waals surface area (Å²) >= 11 is 0. The van der Waals surface area contributed by atoms with Crippen LogP contribution in [0.3, 0.4) is 0 Å². The Morgan fingerprint density at radius 3 is 2.73 bits per heavy atom. The van der Waals surface area contributed by atoms with Crippen molar-refractivity contribution in [3.63, 3.8) is 0 Å². The number of imidazole rings is 1. The predicted molar refractivity (Wildman–Crippen MR) is 84.9 cm³/mol. The van der Waals surface area contributed by atoms with Gasteiger partial charge in [-0.25, -0.2) is 4.98 Å². The van der Waals surface area contributed by atoms with E-state index in [-0.39, 0.29) is 5.91 Å². The molecule has 0 unspecified atom stereocenters. The second-order valence-corrected chi connectivity index (χ2v) is 4.79. The maximum Gasteiger partial charge on any atom is 0.257 e. The Morgan fingerprint density at radius 2 is 1.91 bits per heavy atom. The van der Waals surface area contributed by atoms with Crippen molar-refractivity contribution < 1.29 is 9.59 Å². The SMILES string of the molecule is Cc1nc2c(NC(=O)c3ccccc3NC=O)cccc2[nH]1. The minimum absolute atomic E-state index is 0.307. The highest BCUT2D eigenvalue weighted by atomic mass is 16.2. The van der Waals surface area contributed by atoms with Gasteiger partial charge >= 0.3 is 0 Å². The van der Waals surface area contributed by atoms with E-state index in [1.54, 1.807) is 30.3 Å². The van der Waals surface area contributed by atoms with E-state index in [1.165, 1.54) is 0 Å². The van der Waals surface area contributed by atoms with Crippen molar-refractivity contribution in [2.75, 3.05) is 10.6 Å². The summed E-state index contributed by atoms with van der Waals surface area (Å²) in [6.07, 6.45) is 0.546. The normalized spacial score (nSPS) is 10.4. The monoisotopic (exact) mass is 294 g/mol. The molecular formula is C16H14N4O2. The first-order valence-corrected chi connectivity index (χ1v) is 6.75. The number of carbonyl (C=O) groups is 2. The molecule has 0 saturated carbocycles. The van der Waals surface area contributed by atoms with E-state index in [1.807, 2.05) is 19.1 Å². The number of hydrogen-bond acceptors (Lipinski definition) is 3. The summed E-state index contributed by atoms with van der Waals surface area (Å²) in [6, 6.07) is 12.3. The molecule has 0 fully saturated rings. The minimum Gasteiger partial charge on any atom is -0.342 e. The summed E-state index contributed by atoms with van der Waals surface area (Å²) in [6.45, 7) is 1.86. The Kier molecular flexibility index (Phi) is 3.57. The van der Waals surface area contributed by atoms with Crippen LogP contribution in [0, 0.1) is 6.92 Å². The number of carbonyl (C=O) groups excluding carboxylic acids is 2. The average Bonchev–Trinajstić information content (AvgIpc) is 2.89. The number of fused-ring (bicyclic) bond motifs is 1. The van der Waals surface area contributed by atoms with Crippen molar-refractivity contribution in [3.8, 4) is 0 Å². The molecule has 3 rings (SSSR count). The zero-order chi connectivity index (χ0) is 15.5. The second kappa shape index (κ2) is 5.69. The number of benzene rings is 2.